The smallest absolute Gasteiger partial charge is 0.202 e. The number of nitrogens with zero attached hydrogens (tertiary/aromatic N) is 5. The molecule has 1 aliphatic heterocycles. The first kappa shape index (κ1) is 20.7. The average Bonchev–Trinajstić information content (AvgIpc) is 3.20. The van der Waals surface area contributed by atoms with Crippen LogP contribution in [0.5, 0.6) is 0 Å². The summed E-state index contributed by atoms with van der Waals surface area (Å²) in [5.74, 6) is 1.07. The molecule has 4 rings (SSSR count). The van der Waals surface area contributed by atoms with Crippen molar-refractivity contribution in [3.63, 3.8) is 0 Å². The van der Waals surface area contributed by atoms with Crippen molar-refractivity contribution in [2.24, 2.45) is 4.99 Å². The predicted octanol–water partition coefficient (Wildman–Crippen LogP) is 5.64. The highest BCUT2D eigenvalue weighted by Gasteiger charge is 2.40. The lowest BCUT2D eigenvalue weighted by Gasteiger charge is -2.20. The van der Waals surface area contributed by atoms with Crippen molar-refractivity contribution in [1.82, 2.24) is 14.5 Å². The minimum atomic E-state index is -0.916. The zero-order chi connectivity index (χ0) is 21.5. The molecule has 1 aromatic carbocycles. The lowest BCUT2D eigenvalue weighted by atomic mass is 9.91. The molecule has 0 N–H and O–H groups in total. The number of nitriles is 1. The van der Waals surface area contributed by atoms with Gasteiger partial charge in [-0.05, 0) is 78.1 Å². The number of hydrogen-bond acceptors (Lipinski definition) is 4. The number of fused-ring (bicyclic) bond motifs is 1. The number of allylic oxidation sites excluding steroid dienone is 1. The van der Waals surface area contributed by atoms with E-state index >= 15 is 0 Å². The fourth-order valence-corrected chi connectivity index (χ4v) is 4.89. The third kappa shape index (κ3) is 3.25. The quantitative estimate of drug-likeness (QED) is 0.418. The summed E-state index contributed by atoms with van der Waals surface area (Å²) in [6.45, 7) is 8.95. The monoisotopic (exact) mass is 509 g/mol. The summed E-state index contributed by atoms with van der Waals surface area (Å²) in [6.07, 6.45) is 3.80. The van der Waals surface area contributed by atoms with E-state index in [-0.39, 0.29) is 0 Å². The van der Waals surface area contributed by atoms with Gasteiger partial charge in [-0.2, -0.15) is 5.26 Å². The van der Waals surface area contributed by atoms with Gasteiger partial charge in [0.1, 0.15) is 17.4 Å². The number of halogens is 1. The first-order valence-electron chi connectivity index (χ1n) is 10.2. The van der Waals surface area contributed by atoms with Gasteiger partial charge in [0.25, 0.3) is 0 Å². The van der Waals surface area contributed by atoms with Gasteiger partial charge < -0.3 is 4.57 Å². The Kier molecular flexibility index (Phi) is 5.49. The highest BCUT2D eigenvalue weighted by atomic mass is 127. The standard InChI is InChI=1S/C24H24IN5/c1-5-6-20-28-21-15(2)11-12-27-23(21)30(20)13-18-7-9-19(10-8-18)24(14-26)22(25)16(3)17(4)29-24/h7-12H,5-6,13H2,1-4H3. The molecular formula is C24H24IN5. The molecule has 2 aromatic heterocycles. The number of imidazole rings is 1. The summed E-state index contributed by atoms with van der Waals surface area (Å²) < 4.78 is 3.20. The minimum Gasteiger partial charge on any atom is -0.308 e. The largest absolute Gasteiger partial charge is 0.308 e. The third-order valence-corrected chi connectivity index (χ3v) is 7.38. The Balaban J connectivity index is 1.71. The number of aliphatic imine (C=N–C) groups is 1. The molecular weight excluding hydrogens is 485 g/mol. The van der Waals surface area contributed by atoms with Gasteiger partial charge in [-0.3, -0.25) is 4.99 Å². The molecule has 0 fully saturated rings. The Morgan fingerprint density at radius 3 is 2.47 bits per heavy atom. The molecule has 30 heavy (non-hydrogen) atoms. The number of hydrogen-bond donors (Lipinski definition) is 0. The molecule has 0 spiro atoms. The Morgan fingerprint density at radius 1 is 1.13 bits per heavy atom. The Bertz CT molecular complexity index is 1230. The molecule has 152 valence electrons. The van der Waals surface area contributed by atoms with Gasteiger partial charge >= 0.3 is 0 Å². The first-order chi connectivity index (χ1) is 14.4. The topological polar surface area (TPSA) is 66.9 Å². The van der Waals surface area contributed by atoms with E-state index in [1.54, 1.807) is 0 Å². The summed E-state index contributed by atoms with van der Waals surface area (Å²) in [5.41, 5.74) is 6.23. The maximum absolute atomic E-state index is 9.98. The molecule has 0 amide bonds. The third-order valence-electron chi connectivity index (χ3n) is 5.79. The lowest BCUT2D eigenvalue weighted by Crippen LogP contribution is -2.19. The maximum atomic E-state index is 9.98. The number of benzene rings is 1. The van der Waals surface area contributed by atoms with E-state index in [0.717, 1.165) is 61.4 Å². The molecule has 0 saturated carbocycles. The van der Waals surface area contributed by atoms with E-state index in [9.17, 15) is 5.26 Å². The van der Waals surface area contributed by atoms with Crippen LogP contribution in [0.4, 0.5) is 0 Å². The van der Waals surface area contributed by atoms with E-state index in [0.29, 0.717) is 6.54 Å². The molecule has 0 radical (unpaired) electrons. The van der Waals surface area contributed by atoms with Crippen molar-refractivity contribution in [1.29, 1.82) is 5.26 Å². The zero-order valence-electron chi connectivity index (χ0n) is 17.7. The van der Waals surface area contributed by atoms with Gasteiger partial charge in [0.15, 0.2) is 5.65 Å². The Hall–Kier alpha value is -2.53. The van der Waals surface area contributed by atoms with E-state index in [1.165, 1.54) is 0 Å². The van der Waals surface area contributed by atoms with E-state index in [4.69, 9.17) is 9.98 Å². The van der Waals surface area contributed by atoms with Crippen LogP contribution in [0.3, 0.4) is 0 Å². The molecule has 5 nitrogen and oxygen atoms in total. The van der Waals surface area contributed by atoms with Crippen molar-refractivity contribution in [3.05, 3.63) is 68.2 Å². The fourth-order valence-electron chi connectivity index (χ4n) is 3.94. The van der Waals surface area contributed by atoms with Crippen LogP contribution in [0, 0.1) is 18.3 Å². The van der Waals surface area contributed by atoms with E-state index < -0.39 is 5.54 Å². The SMILES string of the molecule is CCCc1nc2c(C)ccnc2n1Cc1ccc(C2(C#N)N=C(C)C(C)=C2I)cc1. The van der Waals surface area contributed by atoms with Crippen molar-refractivity contribution in [3.8, 4) is 6.07 Å². The second-order valence-electron chi connectivity index (χ2n) is 7.82. The fraction of sp³-hybridized carbons (Fsp3) is 0.333. The molecule has 3 heterocycles. The van der Waals surface area contributed by atoms with Crippen LogP contribution < -0.4 is 0 Å². The summed E-state index contributed by atoms with van der Waals surface area (Å²) in [6, 6.07) is 12.7. The summed E-state index contributed by atoms with van der Waals surface area (Å²) >= 11 is 2.27. The average molecular weight is 509 g/mol. The summed E-state index contributed by atoms with van der Waals surface area (Å²) in [4.78, 5) is 14.2. The first-order valence-corrected chi connectivity index (χ1v) is 11.2. The van der Waals surface area contributed by atoms with Crippen LogP contribution in [-0.2, 0) is 18.5 Å². The van der Waals surface area contributed by atoms with Gasteiger partial charge in [-0.25, -0.2) is 9.97 Å². The van der Waals surface area contributed by atoms with Crippen LogP contribution in [0.25, 0.3) is 11.2 Å². The van der Waals surface area contributed by atoms with E-state index in [2.05, 4.69) is 64.2 Å². The minimum absolute atomic E-state index is 0.705. The Labute approximate surface area is 190 Å². The number of pyridine rings is 1. The number of aryl methyl sites for hydroxylation is 2. The van der Waals surface area contributed by atoms with Crippen LogP contribution >= 0.6 is 22.6 Å². The van der Waals surface area contributed by atoms with Crippen molar-refractivity contribution < 1.29 is 0 Å². The Morgan fingerprint density at radius 2 is 1.87 bits per heavy atom. The maximum Gasteiger partial charge on any atom is 0.202 e. The summed E-state index contributed by atoms with van der Waals surface area (Å²) in [5, 5.41) is 9.98. The normalized spacial score (nSPS) is 18.7. The lowest BCUT2D eigenvalue weighted by molar-refractivity contribution is 0.712. The van der Waals surface area contributed by atoms with Crippen molar-refractivity contribution in [2.75, 3.05) is 0 Å². The van der Waals surface area contributed by atoms with Crippen LogP contribution in [0.15, 0.2) is 50.7 Å². The molecule has 3 aromatic rings. The predicted molar refractivity (Wildman–Crippen MR) is 129 cm³/mol. The molecule has 6 heteroatoms. The zero-order valence-corrected chi connectivity index (χ0v) is 19.9. The molecule has 0 saturated heterocycles. The van der Waals surface area contributed by atoms with Gasteiger partial charge in [-0.15, -0.1) is 0 Å². The van der Waals surface area contributed by atoms with Crippen LogP contribution in [0.2, 0.25) is 0 Å². The van der Waals surface area contributed by atoms with Gasteiger partial charge in [0, 0.05) is 21.9 Å². The second-order valence-corrected chi connectivity index (χ2v) is 8.90. The van der Waals surface area contributed by atoms with E-state index in [1.807, 2.05) is 38.2 Å². The van der Waals surface area contributed by atoms with Crippen LogP contribution in [0.1, 0.15) is 49.7 Å². The number of rotatable bonds is 5. The van der Waals surface area contributed by atoms with Gasteiger partial charge in [0.2, 0.25) is 5.54 Å². The second kappa shape index (κ2) is 7.95. The van der Waals surface area contributed by atoms with Gasteiger partial charge in [0.05, 0.1) is 6.54 Å². The van der Waals surface area contributed by atoms with Crippen LogP contribution in [-0.4, -0.2) is 20.2 Å². The summed E-state index contributed by atoms with van der Waals surface area (Å²) in [7, 11) is 0. The highest BCUT2D eigenvalue weighted by molar-refractivity contribution is 14.1. The van der Waals surface area contributed by atoms with Gasteiger partial charge in [-0.1, -0.05) is 31.2 Å². The molecule has 0 aliphatic carbocycles. The molecule has 1 unspecified atom stereocenters. The molecule has 1 atom stereocenters. The molecule has 0 bridgehead atoms. The molecule has 1 aliphatic rings. The number of aromatic nitrogens is 3. The van der Waals surface area contributed by atoms with Crippen molar-refractivity contribution >= 4 is 39.5 Å². The highest BCUT2D eigenvalue weighted by Crippen LogP contribution is 2.44. The van der Waals surface area contributed by atoms with Crippen molar-refractivity contribution in [2.45, 2.75) is 52.6 Å².